The smallest absolute Gasteiger partial charge is 0.430 e. The summed E-state index contributed by atoms with van der Waals surface area (Å²) in [6.45, 7) is 6.13. The van der Waals surface area contributed by atoms with Crippen LogP contribution in [-0.4, -0.2) is 34.6 Å². The van der Waals surface area contributed by atoms with Crippen LogP contribution in [0.2, 0.25) is 0 Å². The Morgan fingerprint density at radius 1 is 1.14 bits per heavy atom. The van der Waals surface area contributed by atoms with Crippen LogP contribution in [0, 0.1) is 0 Å². The van der Waals surface area contributed by atoms with Crippen molar-refractivity contribution in [2.75, 3.05) is 0 Å². The van der Waals surface area contributed by atoms with Crippen molar-refractivity contribution in [1.82, 2.24) is 0 Å². The molecular formula is C13H18F6O3. The lowest BCUT2D eigenvalue weighted by Gasteiger charge is -2.45. The Hall–Kier alpha value is -1.25. The summed E-state index contributed by atoms with van der Waals surface area (Å²) in [6, 6.07) is 0. The van der Waals surface area contributed by atoms with E-state index < -0.39 is 35.9 Å². The standard InChI is InChI=1S/C13H18F6O3/c1-5-6-7-10(4,22-9(20)8(2)3)11(21,12(14,15)16)13(17,18)19/h21H,2,5-7H2,1,3-4H3. The number of rotatable bonds is 6. The molecule has 9 heteroatoms. The molecule has 0 aromatic rings. The van der Waals surface area contributed by atoms with Gasteiger partial charge in [0.15, 0.2) is 5.60 Å². The largest absolute Gasteiger partial charge is 0.452 e. The van der Waals surface area contributed by atoms with Gasteiger partial charge in [0.1, 0.15) is 0 Å². The summed E-state index contributed by atoms with van der Waals surface area (Å²) in [7, 11) is 0. The van der Waals surface area contributed by atoms with Gasteiger partial charge < -0.3 is 9.84 Å². The molecule has 0 spiro atoms. The minimum absolute atomic E-state index is 0.117. The second kappa shape index (κ2) is 6.47. The zero-order chi connectivity index (χ0) is 18.0. The molecule has 0 aliphatic rings. The highest BCUT2D eigenvalue weighted by Gasteiger charge is 2.79. The van der Waals surface area contributed by atoms with Gasteiger partial charge >= 0.3 is 18.3 Å². The second-order valence-electron chi connectivity index (χ2n) is 5.21. The van der Waals surface area contributed by atoms with Crippen LogP contribution in [0.15, 0.2) is 12.2 Å². The molecule has 0 heterocycles. The predicted octanol–water partition coefficient (Wildman–Crippen LogP) is 3.91. The number of alkyl halides is 6. The van der Waals surface area contributed by atoms with Crippen LogP contribution in [0.25, 0.3) is 0 Å². The van der Waals surface area contributed by atoms with E-state index >= 15 is 0 Å². The molecular weight excluding hydrogens is 318 g/mol. The molecule has 0 aliphatic heterocycles. The van der Waals surface area contributed by atoms with Crippen LogP contribution in [-0.2, 0) is 9.53 Å². The Kier molecular flexibility index (Phi) is 6.11. The van der Waals surface area contributed by atoms with E-state index in [1.54, 1.807) is 0 Å². The first-order chi connectivity index (χ1) is 9.64. The summed E-state index contributed by atoms with van der Waals surface area (Å²) in [6.07, 6.45) is -12.9. The molecule has 0 saturated carbocycles. The van der Waals surface area contributed by atoms with Gasteiger partial charge in [0.25, 0.3) is 5.60 Å². The number of hydrogen-bond acceptors (Lipinski definition) is 3. The Balaban J connectivity index is 6.10. The molecule has 1 atom stereocenters. The van der Waals surface area contributed by atoms with E-state index in [4.69, 9.17) is 0 Å². The number of hydrogen-bond donors (Lipinski definition) is 1. The van der Waals surface area contributed by atoms with Gasteiger partial charge in [0.05, 0.1) is 0 Å². The van der Waals surface area contributed by atoms with E-state index in [0.717, 1.165) is 6.92 Å². The van der Waals surface area contributed by atoms with E-state index in [2.05, 4.69) is 11.3 Å². The highest BCUT2D eigenvalue weighted by atomic mass is 19.4. The van der Waals surface area contributed by atoms with Gasteiger partial charge in [-0.15, -0.1) is 0 Å². The first-order valence-electron chi connectivity index (χ1n) is 6.38. The first-order valence-corrected chi connectivity index (χ1v) is 6.38. The van der Waals surface area contributed by atoms with Crippen molar-refractivity contribution >= 4 is 5.97 Å². The molecule has 1 unspecified atom stereocenters. The van der Waals surface area contributed by atoms with Crippen LogP contribution in [0.4, 0.5) is 26.3 Å². The third-order valence-electron chi connectivity index (χ3n) is 3.26. The van der Waals surface area contributed by atoms with Gasteiger partial charge in [0, 0.05) is 5.57 Å². The lowest BCUT2D eigenvalue weighted by Crippen LogP contribution is -2.71. The lowest BCUT2D eigenvalue weighted by molar-refractivity contribution is -0.410. The van der Waals surface area contributed by atoms with Gasteiger partial charge in [-0.1, -0.05) is 19.9 Å². The number of carbonyl (C=O) groups is 1. The average molecular weight is 336 g/mol. The summed E-state index contributed by atoms with van der Waals surface area (Å²) in [4.78, 5) is 11.5. The molecule has 0 rings (SSSR count). The van der Waals surface area contributed by atoms with Crippen LogP contribution in [0.1, 0.15) is 40.0 Å². The van der Waals surface area contributed by atoms with Gasteiger partial charge in [-0.05, 0) is 26.7 Å². The van der Waals surface area contributed by atoms with Gasteiger partial charge in [0.2, 0.25) is 0 Å². The number of aliphatic hydroxyl groups is 1. The molecule has 1 N–H and O–H groups in total. The number of esters is 1. The van der Waals surface area contributed by atoms with E-state index in [1.165, 1.54) is 6.92 Å². The van der Waals surface area contributed by atoms with Crippen molar-refractivity contribution in [3.63, 3.8) is 0 Å². The highest BCUT2D eigenvalue weighted by molar-refractivity contribution is 5.87. The Morgan fingerprint density at radius 2 is 1.55 bits per heavy atom. The zero-order valence-corrected chi connectivity index (χ0v) is 12.4. The fourth-order valence-corrected chi connectivity index (χ4v) is 1.87. The predicted molar refractivity (Wildman–Crippen MR) is 65.9 cm³/mol. The third kappa shape index (κ3) is 3.74. The SMILES string of the molecule is C=C(C)C(=O)OC(C)(CCCC)C(O)(C(F)(F)F)C(F)(F)F. The van der Waals surface area contributed by atoms with E-state index in [9.17, 15) is 36.2 Å². The van der Waals surface area contributed by atoms with Crippen molar-refractivity contribution in [3.8, 4) is 0 Å². The van der Waals surface area contributed by atoms with Gasteiger partial charge in [-0.3, -0.25) is 0 Å². The van der Waals surface area contributed by atoms with E-state index in [-0.39, 0.29) is 18.4 Å². The van der Waals surface area contributed by atoms with Gasteiger partial charge in [-0.25, -0.2) is 4.79 Å². The molecule has 0 saturated heterocycles. The maximum atomic E-state index is 13.0. The van der Waals surface area contributed by atoms with Crippen molar-refractivity contribution in [2.45, 2.75) is 63.6 Å². The molecule has 0 bridgehead atoms. The minimum Gasteiger partial charge on any atom is -0.452 e. The van der Waals surface area contributed by atoms with Crippen molar-refractivity contribution < 1.29 is 41.0 Å². The van der Waals surface area contributed by atoms with Crippen LogP contribution < -0.4 is 0 Å². The third-order valence-corrected chi connectivity index (χ3v) is 3.26. The maximum Gasteiger partial charge on any atom is 0.430 e. The number of carbonyl (C=O) groups excluding carboxylic acids is 1. The second-order valence-corrected chi connectivity index (χ2v) is 5.21. The zero-order valence-electron chi connectivity index (χ0n) is 12.4. The monoisotopic (exact) mass is 336 g/mol. The number of ether oxygens (including phenoxy) is 1. The fraction of sp³-hybridized carbons (Fsp3) is 0.769. The van der Waals surface area contributed by atoms with Crippen molar-refractivity contribution in [1.29, 1.82) is 0 Å². The Morgan fingerprint density at radius 3 is 1.82 bits per heavy atom. The molecule has 22 heavy (non-hydrogen) atoms. The Labute approximate surface area is 123 Å². The molecule has 0 aliphatic carbocycles. The molecule has 0 aromatic carbocycles. The normalized spacial score (nSPS) is 16.1. The minimum atomic E-state index is -6.08. The topological polar surface area (TPSA) is 46.5 Å². The molecule has 0 fully saturated rings. The van der Waals surface area contributed by atoms with Crippen molar-refractivity contribution in [2.24, 2.45) is 0 Å². The average Bonchev–Trinajstić information content (AvgIpc) is 2.32. The van der Waals surface area contributed by atoms with Crippen molar-refractivity contribution in [3.05, 3.63) is 12.2 Å². The van der Waals surface area contributed by atoms with Crippen LogP contribution in [0.5, 0.6) is 0 Å². The van der Waals surface area contributed by atoms with Gasteiger partial charge in [-0.2, -0.15) is 26.3 Å². The molecule has 0 radical (unpaired) electrons. The molecule has 3 nitrogen and oxygen atoms in total. The summed E-state index contributed by atoms with van der Waals surface area (Å²) in [5, 5.41) is 9.50. The molecule has 0 amide bonds. The lowest BCUT2D eigenvalue weighted by atomic mass is 9.78. The maximum absolute atomic E-state index is 13.0. The van der Waals surface area contributed by atoms with Crippen LogP contribution in [0.3, 0.4) is 0 Å². The molecule has 130 valence electrons. The Bertz CT molecular complexity index is 412. The number of unbranched alkanes of at least 4 members (excludes halogenated alkanes) is 1. The quantitative estimate of drug-likeness (QED) is 0.454. The molecule has 0 aromatic heterocycles. The van der Waals surface area contributed by atoms with Crippen LogP contribution >= 0.6 is 0 Å². The first kappa shape index (κ1) is 20.8. The summed E-state index contributed by atoms with van der Waals surface area (Å²) >= 11 is 0. The number of halogens is 6. The highest BCUT2D eigenvalue weighted by Crippen LogP contribution is 2.52. The summed E-state index contributed by atoms with van der Waals surface area (Å²) in [5.74, 6) is -1.44. The summed E-state index contributed by atoms with van der Waals surface area (Å²) in [5.41, 5.74) is -8.79. The van der Waals surface area contributed by atoms with E-state index in [1.807, 2.05) is 0 Å². The fourth-order valence-electron chi connectivity index (χ4n) is 1.87. The van der Waals surface area contributed by atoms with E-state index in [0.29, 0.717) is 6.92 Å². The summed E-state index contributed by atoms with van der Waals surface area (Å²) < 4.78 is 82.3.